The number of aromatic nitrogens is 1. The minimum atomic E-state index is -0.280. The number of rotatable bonds is 5. The highest BCUT2D eigenvalue weighted by molar-refractivity contribution is 5.22. The van der Waals surface area contributed by atoms with Crippen molar-refractivity contribution in [3.63, 3.8) is 0 Å². The molecule has 0 radical (unpaired) electrons. The lowest BCUT2D eigenvalue weighted by Gasteiger charge is -2.37. The molecule has 0 spiro atoms. The van der Waals surface area contributed by atoms with E-state index in [4.69, 9.17) is 4.74 Å². The van der Waals surface area contributed by atoms with Gasteiger partial charge in [-0.1, -0.05) is 19.8 Å². The summed E-state index contributed by atoms with van der Waals surface area (Å²) in [5.41, 5.74) is 0.383. The van der Waals surface area contributed by atoms with Gasteiger partial charge in [-0.2, -0.15) is 0 Å². The van der Waals surface area contributed by atoms with Crippen LogP contribution in [0.25, 0.3) is 0 Å². The number of nitrogens with zero attached hydrogens (tertiary/aromatic N) is 1. The summed E-state index contributed by atoms with van der Waals surface area (Å²) in [4.78, 5) is 3.82. The number of nitrogens with one attached hydrogen (secondary N) is 1. The molecule has 1 atom stereocenters. The Morgan fingerprint density at radius 2 is 2.22 bits per heavy atom. The predicted molar refractivity (Wildman–Crippen MR) is 68.8 cm³/mol. The first-order valence-electron chi connectivity index (χ1n) is 6.61. The zero-order valence-corrected chi connectivity index (χ0v) is 11.1. The molecule has 1 aliphatic carbocycles. The molecule has 0 saturated heterocycles. The summed E-state index contributed by atoms with van der Waals surface area (Å²) in [6.07, 6.45) is 7.15. The van der Waals surface area contributed by atoms with Crippen LogP contribution in [0, 0.1) is 5.82 Å². The molecule has 1 unspecified atom stereocenters. The molecule has 1 aliphatic rings. The van der Waals surface area contributed by atoms with Crippen molar-refractivity contribution in [2.24, 2.45) is 0 Å². The summed E-state index contributed by atoms with van der Waals surface area (Å²) in [7, 11) is 1.73. The lowest BCUT2D eigenvalue weighted by Crippen LogP contribution is -2.44. The van der Waals surface area contributed by atoms with Gasteiger partial charge >= 0.3 is 0 Å². The second kappa shape index (κ2) is 5.76. The fourth-order valence-electron chi connectivity index (χ4n) is 2.99. The normalized spacial score (nSPS) is 19.9. The van der Waals surface area contributed by atoms with Gasteiger partial charge < -0.3 is 10.1 Å². The second-order valence-electron chi connectivity index (χ2n) is 4.86. The lowest BCUT2D eigenvalue weighted by molar-refractivity contribution is -0.0372. The van der Waals surface area contributed by atoms with Crippen LogP contribution in [-0.4, -0.2) is 24.2 Å². The highest BCUT2D eigenvalue weighted by atomic mass is 19.1. The van der Waals surface area contributed by atoms with E-state index in [0.717, 1.165) is 32.2 Å². The lowest BCUT2D eigenvalue weighted by atomic mass is 9.86. The summed E-state index contributed by atoms with van der Waals surface area (Å²) in [5.74, 6) is -0.258. The molecule has 4 heteroatoms. The van der Waals surface area contributed by atoms with Crippen LogP contribution in [0.3, 0.4) is 0 Å². The van der Waals surface area contributed by atoms with Crippen LogP contribution in [0.5, 0.6) is 0 Å². The zero-order valence-electron chi connectivity index (χ0n) is 11.1. The van der Waals surface area contributed by atoms with Crippen LogP contribution in [-0.2, 0) is 4.74 Å². The summed E-state index contributed by atoms with van der Waals surface area (Å²) < 4.78 is 19.7. The molecule has 100 valence electrons. The SMILES string of the molecule is CCNC(c1ccncc1F)C1(OC)CCCC1. The summed E-state index contributed by atoms with van der Waals surface area (Å²) in [6.45, 7) is 2.82. The van der Waals surface area contributed by atoms with E-state index in [9.17, 15) is 4.39 Å². The van der Waals surface area contributed by atoms with E-state index in [0.29, 0.717) is 5.56 Å². The van der Waals surface area contributed by atoms with Gasteiger partial charge in [0.05, 0.1) is 17.8 Å². The van der Waals surface area contributed by atoms with Gasteiger partial charge in [0, 0.05) is 18.9 Å². The maximum Gasteiger partial charge on any atom is 0.146 e. The van der Waals surface area contributed by atoms with E-state index in [2.05, 4.69) is 10.3 Å². The van der Waals surface area contributed by atoms with E-state index >= 15 is 0 Å². The smallest absolute Gasteiger partial charge is 0.146 e. The number of pyridine rings is 1. The van der Waals surface area contributed by atoms with Gasteiger partial charge in [-0.3, -0.25) is 4.98 Å². The Balaban J connectivity index is 2.36. The van der Waals surface area contributed by atoms with Gasteiger partial charge in [0.2, 0.25) is 0 Å². The molecule has 1 aromatic heterocycles. The summed E-state index contributed by atoms with van der Waals surface area (Å²) in [6, 6.07) is 1.65. The van der Waals surface area contributed by atoms with Crippen LogP contribution in [0.2, 0.25) is 0 Å². The van der Waals surface area contributed by atoms with E-state index < -0.39 is 0 Å². The minimum Gasteiger partial charge on any atom is -0.376 e. The molecule has 1 fully saturated rings. The summed E-state index contributed by atoms with van der Waals surface area (Å²) in [5, 5.41) is 3.38. The van der Waals surface area contributed by atoms with E-state index in [1.807, 2.05) is 6.92 Å². The van der Waals surface area contributed by atoms with Gasteiger partial charge in [-0.15, -0.1) is 0 Å². The van der Waals surface area contributed by atoms with Crippen LogP contribution in [0.1, 0.15) is 44.2 Å². The Bertz CT molecular complexity index is 391. The minimum absolute atomic E-state index is 0.0991. The van der Waals surface area contributed by atoms with Crippen LogP contribution in [0.4, 0.5) is 4.39 Å². The van der Waals surface area contributed by atoms with Crippen LogP contribution < -0.4 is 5.32 Å². The largest absolute Gasteiger partial charge is 0.376 e. The average molecular weight is 252 g/mol. The van der Waals surface area contributed by atoms with Crippen molar-refractivity contribution in [1.82, 2.24) is 10.3 Å². The first-order valence-corrected chi connectivity index (χ1v) is 6.61. The van der Waals surface area contributed by atoms with Crippen molar-refractivity contribution in [2.75, 3.05) is 13.7 Å². The first kappa shape index (κ1) is 13.4. The van der Waals surface area contributed by atoms with E-state index in [1.165, 1.54) is 6.20 Å². The zero-order chi connectivity index (χ0) is 13.0. The average Bonchev–Trinajstić information content (AvgIpc) is 2.87. The van der Waals surface area contributed by atoms with Crippen molar-refractivity contribution in [2.45, 2.75) is 44.2 Å². The summed E-state index contributed by atoms with van der Waals surface area (Å²) >= 11 is 0. The third-order valence-electron chi connectivity index (χ3n) is 3.91. The van der Waals surface area contributed by atoms with E-state index in [-0.39, 0.29) is 17.5 Å². The third-order valence-corrected chi connectivity index (χ3v) is 3.91. The topological polar surface area (TPSA) is 34.2 Å². The Hall–Kier alpha value is -1.00. The number of ether oxygens (including phenoxy) is 1. The molecule has 0 amide bonds. The van der Waals surface area contributed by atoms with Gasteiger partial charge in [-0.05, 0) is 25.5 Å². The van der Waals surface area contributed by atoms with Crippen molar-refractivity contribution >= 4 is 0 Å². The molecule has 1 saturated carbocycles. The number of hydrogen-bond acceptors (Lipinski definition) is 3. The number of likely N-dealkylation sites (N-methyl/N-ethyl adjacent to an activating group) is 1. The molecule has 3 nitrogen and oxygen atoms in total. The molecule has 18 heavy (non-hydrogen) atoms. The van der Waals surface area contributed by atoms with Crippen LogP contribution in [0.15, 0.2) is 18.5 Å². The van der Waals surface area contributed by atoms with Gasteiger partial charge in [-0.25, -0.2) is 4.39 Å². The van der Waals surface area contributed by atoms with Crippen molar-refractivity contribution in [3.05, 3.63) is 29.8 Å². The van der Waals surface area contributed by atoms with Gasteiger partial charge in [0.25, 0.3) is 0 Å². The second-order valence-corrected chi connectivity index (χ2v) is 4.86. The molecule has 1 N–H and O–H groups in total. The van der Waals surface area contributed by atoms with Crippen molar-refractivity contribution in [1.29, 1.82) is 0 Å². The third kappa shape index (κ3) is 2.40. The van der Waals surface area contributed by atoms with Crippen molar-refractivity contribution < 1.29 is 9.13 Å². The number of methoxy groups -OCH3 is 1. The Labute approximate surface area is 108 Å². The predicted octanol–water partition coefficient (Wildman–Crippen LogP) is 2.83. The number of hydrogen-bond donors (Lipinski definition) is 1. The molecular weight excluding hydrogens is 231 g/mol. The highest BCUT2D eigenvalue weighted by Crippen LogP contribution is 2.42. The monoisotopic (exact) mass is 252 g/mol. The Kier molecular flexibility index (Phi) is 4.30. The van der Waals surface area contributed by atoms with Crippen LogP contribution >= 0.6 is 0 Å². The van der Waals surface area contributed by atoms with Crippen molar-refractivity contribution in [3.8, 4) is 0 Å². The first-order chi connectivity index (χ1) is 8.73. The fraction of sp³-hybridized carbons (Fsp3) is 0.643. The fourth-order valence-corrected chi connectivity index (χ4v) is 2.99. The maximum absolute atomic E-state index is 14.0. The molecule has 0 bridgehead atoms. The molecule has 2 rings (SSSR count). The van der Waals surface area contributed by atoms with Gasteiger partial charge in [0.15, 0.2) is 0 Å². The molecule has 1 aromatic rings. The Morgan fingerprint density at radius 3 is 2.78 bits per heavy atom. The quantitative estimate of drug-likeness (QED) is 0.875. The number of halogens is 1. The van der Waals surface area contributed by atoms with Gasteiger partial charge in [0.1, 0.15) is 5.82 Å². The highest BCUT2D eigenvalue weighted by Gasteiger charge is 2.42. The molecule has 0 aliphatic heterocycles. The standard InChI is InChI=1S/C14H21FN2O/c1-3-17-13(11-6-9-16-10-12(11)15)14(18-2)7-4-5-8-14/h6,9-10,13,17H,3-5,7-8H2,1-2H3. The molecule has 1 heterocycles. The maximum atomic E-state index is 14.0. The molecule has 0 aromatic carbocycles. The van der Waals surface area contributed by atoms with E-state index in [1.54, 1.807) is 19.4 Å². The molecular formula is C14H21FN2O. The Morgan fingerprint density at radius 1 is 1.50 bits per heavy atom.